The molecule has 1 amide bonds. The molecule has 5 heteroatoms. The van der Waals surface area contributed by atoms with Crippen LogP contribution in [0, 0.1) is 0 Å². The molecule has 1 aromatic rings. The average molecular weight is 332 g/mol. The van der Waals surface area contributed by atoms with Gasteiger partial charge in [-0.3, -0.25) is 4.79 Å². The zero-order valence-corrected chi connectivity index (χ0v) is 12.7. The number of aryl methyl sites for hydroxylation is 1. The minimum absolute atomic E-state index is 0.185. The molecule has 0 saturated carbocycles. The number of aliphatic hydroxyl groups excluding tert-OH is 1. The maximum absolute atomic E-state index is 11.9. The van der Waals surface area contributed by atoms with E-state index in [-0.39, 0.29) is 12.0 Å². The molecule has 1 atom stereocenters. The number of β-amino-alcohol motifs (C(OH)–C–C–N with tert-alkyl or cyclic N) is 1. The number of thiophene rings is 1. The van der Waals surface area contributed by atoms with Crippen molar-refractivity contribution < 1.29 is 9.90 Å². The molecule has 3 nitrogen and oxygen atoms in total. The third kappa shape index (κ3) is 4.07. The number of carbonyl (C=O) groups is 1. The minimum atomic E-state index is -0.323. The fourth-order valence-electron chi connectivity index (χ4n) is 2.24. The number of piperidine rings is 1. The van der Waals surface area contributed by atoms with Crippen molar-refractivity contribution in [1.82, 2.24) is 4.90 Å². The number of likely N-dealkylation sites (tertiary alicyclic amines) is 1. The van der Waals surface area contributed by atoms with E-state index in [1.807, 2.05) is 6.07 Å². The summed E-state index contributed by atoms with van der Waals surface area (Å²) in [6.45, 7) is 1.32. The number of hydrogen-bond acceptors (Lipinski definition) is 3. The summed E-state index contributed by atoms with van der Waals surface area (Å²) in [6, 6.07) is 4.15. The predicted octanol–water partition coefficient (Wildman–Crippen LogP) is 2.82. The second-order valence-corrected chi connectivity index (χ2v) is 7.24. The van der Waals surface area contributed by atoms with Crippen LogP contribution >= 0.6 is 27.3 Å². The Morgan fingerprint density at radius 1 is 1.56 bits per heavy atom. The molecular weight excluding hydrogens is 314 g/mol. The topological polar surface area (TPSA) is 40.5 Å². The molecule has 2 rings (SSSR count). The van der Waals surface area contributed by atoms with Crippen molar-refractivity contribution in [2.75, 3.05) is 13.1 Å². The van der Waals surface area contributed by atoms with Crippen molar-refractivity contribution in [3.63, 3.8) is 0 Å². The maximum atomic E-state index is 11.9. The highest BCUT2D eigenvalue weighted by Crippen LogP contribution is 2.23. The highest BCUT2D eigenvalue weighted by molar-refractivity contribution is 9.11. The summed E-state index contributed by atoms with van der Waals surface area (Å²) >= 11 is 5.16. The second-order valence-electron chi connectivity index (χ2n) is 4.70. The van der Waals surface area contributed by atoms with Crippen LogP contribution in [-0.4, -0.2) is 35.1 Å². The van der Waals surface area contributed by atoms with Crippen LogP contribution in [0.1, 0.15) is 30.6 Å². The van der Waals surface area contributed by atoms with Crippen molar-refractivity contribution in [3.05, 3.63) is 20.8 Å². The largest absolute Gasteiger partial charge is 0.391 e. The van der Waals surface area contributed by atoms with Gasteiger partial charge in [-0.2, -0.15) is 0 Å². The van der Waals surface area contributed by atoms with E-state index in [2.05, 4.69) is 22.0 Å². The number of amides is 1. The van der Waals surface area contributed by atoms with E-state index in [0.717, 1.165) is 36.0 Å². The Morgan fingerprint density at radius 3 is 3.06 bits per heavy atom. The summed E-state index contributed by atoms with van der Waals surface area (Å²) in [5, 5.41) is 9.54. The van der Waals surface area contributed by atoms with Gasteiger partial charge in [0.25, 0.3) is 0 Å². The lowest BCUT2D eigenvalue weighted by Gasteiger charge is -2.30. The lowest BCUT2D eigenvalue weighted by molar-refractivity contribution is -0.134. The average Bonchev–Trinajstić information content (AvgIpc) is 2.75. The predicted molar refractivity (Wildman–Crippen MR) is 76.8 cm³/mol. The highest BCUT2D eigenvalue weighted by atomic mass is 79.9. The van der Waals surface area contributed by atoms with Gasteiger partial charge in [0.2, 0.25) is 5.91 Å². The molecule has 0 spiro atoms. The molecule has 1 N–H and O–H groups in total. The SMILES string of the molecule is O=C(CCCc1ccc(Br)s1)N1CCCC(O)C1. The molecule has 0 radical (unpaired) electrons. The van der Waals surface area contributed by atoms with Crippen LogP contribution in [0.2, 0.25) is 0 Å². The number of rotatable bonds is 4. The van der Waals surface area contributed by atoms with Crippen molar-refractivity contribution in [2.24, 2.45) is 0 Å². The molecular formula is C13H18BrNO2S. The Hall–Kier alpha value is -0.390. The van der Waals surface area contributed by atoms with E-state index in [0.29, 0.717) is 13.0 Å². The van der Waals surface area contributed by atoms with Gasteiger partial charge in [-0.1, -0.05) is 0 Å². The van der Waals surface area contributed by atoms with Gasteiger partial charge in [0.1, 0.15) is 0 Å². The molecule has 18 heavy (non-hydrogen) atoms. The molecule has 100 valence electrons. The van der Waals surface area contributed by atoms with E-state index in [9.17, 15) is 9.90 Å². The number of carbonyl (C=O) groups excluding carboxylic acids is 1. The van der Waals surface area contributed by atoms with Crippen LogP contribution in [0.4, 0.5) is 0 Å². The van der Waals surface area contributed by atoms with E-state index in [4.69, 9.17) is 0 Å². The molecule has 0 bridgehead atoms. The lowest BCUT2D eigenvalue weighted by atomic mass is 10.1. The first kappa shape index (κ1) is 14.0. The van der Waals surface area contributed by atoms with Crippen molar-refractivity contribution in [3.8, 4) is 0 Å². The van der Waals surface area contributed by atoms with Gasteiger partial charge in [-0.15, -0.1) is 11.3 Å². The van der Waals surface area contributed by atoms with E-state index in [1.165, 1.54) is 4.88 Å². The molecule has 1 aliphatic rings. The number of nitrogens with zero attached hydrogens (tertiary/aromatic N) is 1. The van der Waals surface area contributed by atoms with Crippen molar-refractivity contribution in [1.29, 1.82) is 0 Å². The Bertz CT molecular complexity index is 407. The summed E-state index contributed by atoms with van der Waals surface area (Å²) < 4.78 is 1.14. The molecule has 1 fully saturated rings. The van der Waals surface area contributed by atoms with Gasteiger partial charge in [0.15, 0.2) is 0 Å². The van der Waals surface area contributed by atoms with Gasteiger partial charge in [-0.25, -0.2) is 0 Å². The van der Waals surface area contributed by atoms with Crippen molar-refractivity contribution in [2.45, 2.75) is 38.2 Å². The molecule has 1 aromatic heterocycles. The van der Waals surface area contributed by atoms with Crippen LogP contribution in [-0.2, 0) is 11.2 Å². The summed E-state index contributed by atoms with van der Waals surface area (Å²) in [7, 11) is 0. The molecule has 0 aromatic carbocycles. The van der Waals surface area contributed by atoms with E-state index >= 15 is 0 Å². The Morgan fingerprint density at radius 2 is 2.39 bits per heavy atom. The zero-order chi connectivity index (χ0) is 13.0. The van der Waals surface area contributed by atoms with Gasteiger partial charge in [0.05, 0.1) is 9.89 Å². The van der Waals surface area contributed by atoms with E-state index in [1.54, 1.807) is 16.2 Å². The zero-order valence-electron chi connectivity index (χ0n) is 10.3. The van der Waals surface area contributed by atoms with Gasteiger partial charge in [-0.05, 0) is 53.7 Å². The molecule has 2 heterocycles. The number of halogens is 1. The van der Waals surface area contributed by atoms with Crippen LogP contribution in [0.15, 0.2) is 15.9 Å². The van der Waals surface area contributed by atoms with Crippen LogP contribution in [0.3, 0.4) is 0 Å². The Kier molecular flexibility index (Phi) is 5.21. The normalized spacial score (nSPS) is 20.1. The summed E-state index contributed by atoms with van der Waals surface area (Å²) in [4.78, 5) is 15.1. The lowest BCUT2D eigenvalue weighted by Crippen LogP contribution is -2.42. The summed E-state index contributed by atoms with van der Waals surface area (Å²) in [5.74, 6) is 0.185. The first-order chi connectivity index (χ1) is 8.65. The Labute approximate surface area is 120 Å². The molecule has 1 unspecified atom stereocenters. The van der Waals surface area contributed by atoms with Crippen LogP contribution in [0.25, 0.3) is 0 Å². The smallest absolute Gasteiger partial charge is 0.222 e. The van der Waals surface area contributed by atoms with Crippen LogP contribution in [0.5, 0.6) is 0 Å². The highest BCUT2D eigenvalue weighted by Gasteiger charge is 2.21. The summed E-state index contributed by atoms with van der Waals surface area (Å²) in [6.07, 6.45) is 3.85. The van der Waals surface area contributed by atoms with Crippen LogP contribution < -0.4 is 0 Å². The van der Waals surface area contributed by atoms with Gasteiger partial charge >= 0.3 is 0 Å². The fraction of sp³-hybridized carbons (Fsp3) is 0.615. The first-order valence-electron chi connectivity index (χ1n) is 6.35. The number of hydrogen-bond donors (Lipinski definition) is 1. The molecule has 1 aliphatic heterocycles. The fourth-order valence-corrected chi connectivity index (χ4v) is 3.76. The van der Waals surface area contributed by atoms with E-state index < -0.39 is 0 Å². The van der Waals surface area contributed by atoms with Crippen molar-refractivity contribution >= 4 is 33.2 Å². The maximum Gasteiger partial charge on any atom is 0.222 e. The second kappa shape index (κ2) is 6.68. The Balaban J connectivity index is 1.71. The standard InChI is InChI=1S/C13H18BrNO2S/c14-12-7-6-11(18-12)4-1-5-13(17)15-8-2-3-10(16)9-15/h6-7,10,16H,1-5,8-9H2. The monoisotopic (exact) mass is 331 g/mol. The molecule has 1 saturated heterocycles. The number of aliphatic hydroxyl groups is 1. The first-order valence-corrected chi connectivity index (χ1v) is 7.96. The minimum Gasteiger partial charge on any atom is -0.391 e. The van der Waals surface area contributed by atoms with Gasteiger partial charge < -0.3 is 10.0 Å². The third-order valence-corrected chi connectivity index (χ3v) is 4.88. The van der Waals surface area contributed by atoms with Gasteiger partial charge in [0, 0.05) is 24.4 Å². The summed E-state index contributed by atoms with van der Waals surface area (Å²) in [5.41, 5.74) is 0. The molecule has 0 aliphatic carbocycles. The third-order valence-electron chi connectivity index (χ3n) is 3.19. The quantitative estimate of drug-likeness (QED) is 0.921.